The third kappa shape index (κ3) is 5.45. The number of amides is 1. The highest BCUT2D eigenvalue weighted by molar-refractivity contribution is 6.42. The van der Waals surface area contributed by atoms with Crippen LogP contribution in [0.3, 0.4) is 0 Å². The number of hydrogen-bond acceptors (Lipinski definition) is 2. The lowest BCUT2D eigenvalue weighted by Gasteiger charge is -2.26. The molecule has 2 aromatic carbocycles. The summed E-state index contributed by atoms with van der Waals surface area (Å²) in [4.78, 5) is 23.9. The van der Waals surface area contributed by atoms with Crippen molar-refractivity contribution in [3.05, 3.63) is 82.4 Å². The molecule has 0 aliphatic heterocycles. The van der Waals surface area contributed by atoms with E-state index in [9.17, 15) is 9.59 Å². The van der Waals surface area contributed by atoms with Crippen LogP contribution < -0.4 is 5.32 Å². The number of benzene rings is 2. The van der Waals surface area contributed by atoms with Gasteiger partial charge < -0.3 is 5.32 Å². The van der Waals surface area contributed by atoms with Gasteiger partial charge in [0.25, 0.3) is 0 Å². The van der Waals surface area contributed by atoms with Gasteiger partial charge in [-0.2, -0.15) is 0 Å². The monoisotopic (exact) mass is 389 g/mol. The van der Waals surface area contributed by atoms with Crippen molar-refractivity contribution >= 4 is 34.9 Å². The van der Waals surface area contributed by atoms with Crippen molar-refractivity contribution in [1.29, 1.82) is 0 Å². The molecule has 1 N–H and O–H groups in total. The summed E-state index contributed by atoms with van der Waals surface area (Å²) < 4.78 is 0. The van der Waals surface area contributed by atoms with Crippen LogP contribution in [-0.4, -0.2) is 18.2 Å². The van der Waals surface area contributed by atoms with E-state index in [0.717, 1.165) is 11.1 Å². The lowest BCUT2D eigenvalue weighted by molar-refractivity contribution is -0.122. The van der Waals surface area contributed by atoms with E-state index in [1.54, 1.807) is 19.1 Å². The molecule has 0 bridgehead atoms. The van der Waals surface area contributed by atoms with Gasteiger partial charge in [-0.05, 0) is 48.6 Å². The molecule has 5 heteroatoms. The second kappa shape index (κ2) is 9.56. The summed E-state index contributed by atoms with van der Waals surface area (Å²) in [6, 6.07) is 15.3. The summed E-state index contributed by atoms with van der Waals surface area (Å²) >= 11 is 12.2. The van der Waals surface area contributed by atoms with Crippen LogP contribution in [0.5, 0.6) is 0 Å². The normalized spacial score (nSPS) is 12.9. The van der Waals surface area contributed by atoms with Crippen LogP contribution in [-0.2, 0) is 16.0 Å². The van der Waals surface area contributed by atoms with Crippen molar-refractivity contribution in [3.63, 3.8) is 0 Å². The quantitative estimate of drug-likeness (QED) is 0.657. The van der Waals surface area contributed by atoms with Gasteiger partial charge in [0.15, 0.2) is 0 Å². The summed E-state index contributed by atoms with van der Waals surface area (Å²) in [6.07, 6.45) is 1.84. The fourth-order valence-corrected chi connectivity index (χ4v) is 3.26. The van der Waals surface area contributed by atoms with Crippen molar-refractivity contribution in [2.24, 2.45) is 5.92 Å². The Morgan fingerprint density at radius 1 is 1.12 bits per heavy atom. The van der Waals surface area contributed by atoms with E-state index in [0.29, 0.717) is 16.5 Å². The Morgan fingerprint density at radius 3 is 2.38 bits per heavy atom. The van der Waals surface area contributed by atoms with Gasteiger partial charge in [0, 0.05) is 12.5 Å². The summed E-state index contributed by atoms with van der Waals surface area (Å²) in [5.74, 6) is -0.837. The average molecular weight is 390 g/mol. The van der Waals surface area contributed by atoms with Crippen LogP contribution in [0.1, 0.15) is 24.0 Å². The smallest absolute Gasteiger partial charge is 0.243 e. The van der Waals surface area contributed by atoms with Gasteiger partial charge in [-0.25, -0.2) is 0 Å². The number of rotatable bonds is 8. The number of hydrogen-bond donors (Lipinski definition) is 1. The molecule has 0 aliphatic carbocycles. The van der Waals surface area contributed by atoms with Gasteiger partial charge >= 0.3 is 0 Å². The molecule has 0 heterocycles. The highest BCUT2D eigenvalue weighted by Crippen LogP contribution is 2.33. The molecular formula is C21H21Cl2NO2. The van der Waals surface area contributed by atoms with E-state index in [-0.39, 0.29) is 24.2 Å². The Hall–Kier alpha value is -2.10. The van der Waals surface area contributed by atoms with Gasteiger partial charge in [-0.3, -0.25) is 9.59 Å². The largest absolute Gasteiger partial charge is 0.352 e. The molecule has 2 unspecified atom stereocenters. The molecule has 26 heavy (non-hydrogen) atoms. The Labute approximate surface area is 164 Å². The van der Waals surface area contributed by atoms with Crippen LogP contribution in [0.2, 0.25) is 10.0 Å². The Bertz CT molecular complexity index is 790. The zero-order chi connectivity index (χ0) is 19.1. The number of carbonyl (C=O) groups is 2. The number of halogens is 2. The van der Waals surface area contributed by atoms with Crippen molar-refractivity contribution in [2.75, 3.05) is 6.54 Å². The number of Topliss-reactive ketones (excluding diaryl/α,β-unsaturated/α-hetero) is 1. The minimum Gasteiger partial charge on any atom is -0.352 e. The summed E-state index contributed by atoms with van der Waals surface area (Å²) in [7, 11) is 0. The maximum atomic E-state index is 12.4. The van der Waals surface area contributed by atoms with Gasteiger partial charge in [0.1, 0.15) is 5.78 Å². The Morgan fingerprint density at radius 2 is 1.81 bits per heavy atom. The topological polar surface area (TPSA) is 46.2 Å². The van der Waals surface area contributed by atoms with Crippen LogP contribution in [0.4, 0.5) is 0 Å². The molecule has 0 saturated heterocycles. The van der Waals surface area contributed by atoms with Gasteiger partial charge in [0.05, 0.1) is 10.0 Å². The molecule has 3 nitrogen and oxygen atoms in total. The number of carbonyl (C=O) groups excluding carboxylic acids is 2. The molecule has 1 amide bonds. The summed E-state index contributed by atoms with van der Waals surface area (Å²) in [5, 5.41) is 3.65. The molecule has 0 spiro atoms. The van der Waals surface area contributed by atoms with Crippen molar-refractivity contribution in [2.45, 2.75) is 19.3 Å². The first kappa shape index (κ1) is 20.2. The molecule has 2 atom stereocenters. The fraction of sp³-hybridized carbons (Fsp3) is 0.238. The van der Waals surface area contributed by atoms with Gasteiger partial charge in [-0.15, -0.1) is 0 Å². The van der Waals surface area contributed by atoms with Gasteiger partial charge in [-0.1, -0.05) is 66.2 Å². The van der Waals surface area contributed by atoms with E-state index in [1.807, 2.05) is 36.4 Å². The minimum absolute atomic E-state index is 0.00126. The van der Waals surface area contributed by atoms with Crippen molar-refractivity contribution < 1.29 is 9.59 Å². The fourth-order valence-electron chi connectivity index (χ4n) is 2.96. The average Bonchev–Trinajstić information content (AvgIpc) is 2.63. The highest BCUT2D eigenvalue weighted by Gasteiger charge is 2.28. The molecule has 0 saturated carbocycles. The van der Waals surface area contributed by atoms with Crippen molar-refractivity contribution in [1.82, 2.24) is 5.32 Å². The molecule has 2 aromatic rings. The van der Waals surface area contributed by atoms with E-state index in [1.165, 1.54) is 6.08 Å². The van der Waals surface area contributed by atoms with E-state index in [2.05, 4.69) is 11.9 Å². The van der Waals surface area contributed by atoms with Crippen LogP contribution >= 0.6 is 23.2 Å². The third-order valence-electron chi connectivity index (χ3n) is 4.36. The molecule has 136 valence electrons. The van der Waals surface area contributed by atoms with E-state index < -0.39 is 5.92 Å². The van der Waals surface area contributed by atoms with Gasteiger partial charge in [0.2, 0.25) is 5.91 Å². The first-order valence-electron chi connectivity index (χ1n) is 8.32. The maximum Gasteiger partial charge on any atom is 0.243 e. The lowest BCUT2D eigenvalue weighted by atomic mass is 9.79. The summed E-state index contributed by atoms with van der Waals surface area (Å²) in [5.41, 5.74) is 2.01. The molecule has 0 radical (unpaired) electrons. The van der Waals surface area contributed by atoms with Crippen LogP contribution in [0.25, 0.3) is 0 Å². The molecule has 0 aromatic heterocycles. The Balaban J connectivity index is 2.38. The molecule has 0 aliphatic rings. The standard InChI is InChI=1S/C21H21Cl2NO2/c1-3-21(26)24-13-18(14(2)25)17(11-15-7-5-4-6-8-15)16-9-10-19(22)20(23)12-16/h3-10,12,17-18H,1,11,13H2,2H3,(H,24,26). The molecule has 2 rings (SSSR count). The number of ketones is 1. The van der Waals surface area contributed by atoms with Crippen molar-refractivity contribution in [3.8, 4) is 0 Å². The second-order valence-corrected chi connectivity index (χ2v) is 6.95. The first-order chi connectivity index (χ1) is 12.4. The van der Waals surface area contributed by atoms with E-state index >= 15 is 0 Å². The third-order valence-corrected chi connectivity index (χ3v) is 5.10. The zero-order valence-corrected chi connectivity index (χ0v) is 16.1. The Kier molecular flexibility index (Phi) is 7.43. The minimum atomic E-state index is -0.392. The van der Waals surface area contributed by atoms with E-state index in [4.69, 9.17) is 23.2 Å². The zero-order valence-electron chi connectivity index (χ0n) is 14.5. The van der Waals surface area contributed by atoms with Crippen LogP contribution in [0, 0.1) is 5.92 Å². The first-order valence-corrected chi connectivity index (χ1v) is 9.07. The SMILES string of the molecule is C=CC(=O)NCC(C(C)=O)C(Cc1ccccc1)c1ccc(Cl)c(Cl)c1. The predicted octanol–water partition coefficient (Wildman–Crippen LogP) is 4.83. The second-order valence-electron chi connectivity index (χ2n) is 6.14. The highest BCUT2D eigenvalue weighted by atomic mass is 35.5. The summed E-state index contributed by atoms with van der Waals surface area (Å²) in [6.45, 7) is 5.22. The predicted molar refractivity (Wildman–Crippen MR) is 107 cm³/mol. The molecular weight excluding hydrogens is 369 g/mol. The maximum absolute atomic E-state index is 12.4. The lowest BCUT2D eigenvalue weighted by Crippen LogP contribution is -2.35. The number of nitrogens with one attached hydrogen (secondary N) is 1. The molecule has 0 fully saturated rings. The van der Waals surface area contributed by atoms with Crippen LogP contribution in [0.15, 0.2) is 61.2 Å².